The predicted octanol–water partition coefficient (Wildman–Crippen LogP) is 3.41. The highest BCUT2D eigenvalue weighted by atomic mass is 79.9. The maximum atomic E-state index is 11.7. The Bertz CT molecular complexity index is 655. The number of benzene rings is 2. The first kappa shape index (κ1) is 17.0. The Labute approximate surface area is 143 Å². The lowest BCUT2D eigenvalue weighted by Gasteiger charge is -2.05. The smallest absolute Gasteiger partial charge is 0.259 e. The average molecular weight is 376 g/mol. The Morgan fingerprint density at radius 1 is 1.17 bits per heavy atom. The van der Waals surface area contributed by atoms with E-state index in [9.17, 15) is 4.79 Å². The fraction of sp³-hybridized carbons (Fsp3) is 0.176. The van der Waals surface area contributed by atoms with Gasteiger partial charge in [-0.05, 0) is 61.0 Å². The first-order valence-electron chi connectivity index (χ1n) is 7.21. The number of hydrogen-bond donors (Lipinski definition) is 2. The monoisotopic (exact) mass is 375 g/mol. The first-order chi connectivity index (χ1) is 11.2. The van der Waals surface area contributed by atoms with Gasteiger partial charge in [0.1, 0.15) is 5.75 Å². The van der Waals surface area contributed by atoms with Gasteiger partial charge in [0.15, 0.2) is 0 Å². The van der Waals surface area contributed by atoms with Crippen molar-refractivity contribution in [3.8, 4) is 5.75 Å². The van der Waals surface area contributed by atoms with E-state index in [0.717, 1.165) is 21.5 Å². The van der Waals surface area contributed by atoms with E-state index in [1.165, 1.54) is 0 Å². The topological polar surface area (TPSA) is 62.7 Å². The van der Waals surface area contributed by atoms with Crippen LogP contribution in [0.15, 0.2) is 58.1 Å². The number of carbonyl (C=O) groups is 1. The van der Waals surface area contributed by atoms with Gasteiger partial charge in [0.05, 0.1) is 19.4 Å². The first-order valence-corrected chi connectivity index (χ1v) is 8.01. The second-order valence-corrected chi connectivity index (χ2v) is 5.57. The molecule has 0 unspecified atom stereocenters. The summed E-state index contributed by atoms with van der Waals surface area (Å²) >= 11 is 3.36. The van der Waals surface area contributed by atoms with Crippen molar-refractivity contribution in [1.29, 1.82) is 0 Å². The lowest BCUT2D eigenvalue weighted by Crippen LogP contribution is -2.25. The van der Waals surface area contributed by atoms with E-state index in [0.29, 0.717) is 6.61 Å². The van der Waals surface area contributed by atoms with E-state index in [1.54, 1.807) is 6.21 Å². The van der Waals surface area contributed by atoms with Gasteiger partial charge in [-0.1, -0.05) is 15.9 Å². The Balaban J connectivity index is 1.75. The summed E-state index contributed by atoms with van der Waals surface area (Å²) in [5.41, 5.74) is 4.24. The van der Waals surface area contributed by atoms with E-state index in [4.69, 9.17) is 4.74 Å². The number of carbonyl (C=O) groups excluding carboxylic acids is 1. The number of halogens is 1. The minimum absolute atomic E-state index is 0.155. The summed E-state index contributed by atoms with van der Waals surface area (Å²) in [5, 5.41) is 6.95. The number of amides is 1. The molecule has 0 aliphatic rings. The molecule has 2 aromatic carbocycles. The van der Waals surface area contributed by atoms with Gasteiger partial charge in [-0.15, -0.1) is 0 Å². The zero-order valence-corrected chi connectivity index (χ0v) is 14.3. The average Bonchev–Trinajstić information content (AvgIpc) is 2.56. The van der Waals surface area contributed by atoms with Crippen molar-refractivity contribution in [1.82, 2.24) is 5.43 Å². The van der Waals surface area contributed by atoms with Crippen LogP contribution >= 0.6 is 15.9 Å². The third kappa shape index (κ3) is 6.12. The fourth-order valence-corrected chi connectivity index (χ4v) is 2.05. The molecular formula is C17H18BrN3O2. The predicted molar refractivity (Wildman–Crippen MR) is 96.0 cm³/mol. The summed E-state index contributed by atoms with van der Waals surface area (Å²) in [6.45, 7) is 2.73. The van der Waals surface area contributed by atoms with E-state index in [-0.39, 0.29) is 12.5 Å². The molecule has 6 heteroatoms. The summed E-state index contributed by atoms with van der Waals surface area (Å²) in [6, 6.07) is 15.1. The van der Waals surface area contributed by atoms with E-state index < -0.39 is 0 Å². The molecule has 2 rings (SSSR count). The fourth-order valence-electron chi connectivity index (χ4n) is 1.79. The highest BCUT2D eigenvalue weighted by Crippen LogP contribution is 2.13. The molecule has 0 bridgehead atoms. The van der Waals surface area contributed by atoms with E-state index in [2.05, 4.69) is 31.8 Å². The molecule has 0 aliphatic carbocycles. The van der Waals surface area contributed by atoms with Gasteiger partial charge in [-0.3, -0.25) is 4.79 Å². The van der Waals surface area contributed by atoms with Crippen LogP contribution in [0.25, 0.3) is 0 Å². The van der Waals surface area contributed by atoms with Crippen molar-refractivity contribution in [3.63, 3.8) is 0 Å². The molecule has 120 valence electrons. The number of ether oxygens (including phenoxy) is 1. The van der Waals surface area contributed by atoms with Gasteiger partial charge >= 0.3 is 0 Å². The number of anilines is 1. The lowest BCUT2D eigenvalue weighted by atomic mass is 10.2. The van der Waals surface area contributed by atoms with Crippen LogP contribution in [0.5, 0.6) is 5.75 Å². The van der Waals surface area contributed by atoms with Crippen LogP contribution in [-0.4, -0.2) is 25.3 Å². The Morgan fingerprint density at radius 2 is 1.87 bits per heavy atom. The third-order valence-corrected chi connectivity index (χ3v) is 3.42. The molecule has 0 aromatic heterocycles. The molecule has 0 aliphatic heterocycles. The molecular weight excluding hydrogens is 358 g/mol. The van der Waals surface area contributed by atoms with Crippen molar-refractivity contribution >= 4 is 33.7 Å². The summed E-state index contributed by atoms with van der Waals surface area (Å²) in [7, 11) is 0. The zero-order chi connectivity index (χ0) is 16.5. The van der Waals surface area contributed by atoms with Gasteiger partial charge in [0.2, 0.25) is 0 Å². The second-order valence-electron chi connectivity index (χ2n) is 4.66. The van der Waals surface area contributed by atoms with Gasteiger partial charge in [0.25, 0.3) is 5.91 Å². The molecule has 0 radical (unpaired) electrons. The number of rotatable bonds is 7. The summed E-state index contributed by atoms with van der Waals surface area (Å²) in [5.74, 6) is 0.600. The Kier molecular flexibility index (Phi) is 6.62. The molecule has 0 fully saturated rings. The van der Waals surface area contributed by atoms with Gasteiger partial charge in [-0.2, -0.15) is 5.10 Å². The zero-order valence-electron chi connectivity index (χ0n) is 12.8. The summed E-state index contributed by atoms with van der Waals surface area (Å²) in [4.78, 5) is 11.7. The standard InChI is InChI=1S/C17H18BrN3O2/c1-2-23-16-9-3-13(4-10-16)11-20-21-17(22)12-19-15-7-5-14(18)6-8-15/h3-11,19H,2,12H2,1H3,(H,21,22). The van der Waals surface area contributed by atoms with Crippen molar-refractivity contribution < 1.29 is 9.53 Å². The van der Waals surface area contributed by atoms with Crippen LogP contribution in [0, 0.1) is 0 Å². The highest BCUT2D eigenvalue weighted by Gasteiger charge is 1.99. The van der Waals surface area contributed by atoms with E-state index in [1.807, 2.05) is 55.5 Å². The molecule has 2 N–H and O–H groups in total. The number of hydrazone groups is 1. The normalized spacial score (nSPS) is 10.5. The van der Waals surface area contributed by atoms with Crippen LogP contribution in [0.1, 0.15) is 12.5 Å². The van der Waals surface area contributed by atoms with Crippen molar-refractivity contribution in [3.05, 3.63) is 58.6 Å². The van der Waals surface area contributed by atoms with Gasteiger partial charge < -0.3 is 10.1 Å². The van der Waals surface area contributed by atoms with Crippen molar-refractivity contribution in [2.75, 3.05) is 18.5 Å². The minimum atomic E-state index is -0.213. The van der Waals surface area contributed by atoms with E-state index >= 15 is 0 Å². The number of nitrogens with zero attached hydrogens (tertiary/aromatic N) is 1. The summed E-state index contributed by atoms with van der Waals surface area (Å²) in [6.07, 6.45) is 1.59. The highest BCUT2D eigenvalue weighted by molar-refractivity contribution is 9.10. The lowest BCUT2D eigenvalue weighted by molar-refractivity contribution is -0.119. The van der Waals surface area contributed by atoms with Crippen molar-refractivity contribution in [2.24, 2.45) is 5.10 Å². The Hall–Kier alpha value is -2.34. The molecule has 0 heterocycles. The molecule has 0 saturated carbocycles. The number of hydrogen-bond acceptors (Lipinski definition) is 4. The molecule has 0 saturated heterocycles. The van der Waals surface area contributed by atoms with Crippen molar-refractivity contribution in [2.45, 2.75) is 6.92 Å². The van der Waals surface area contributed by atoms with Crippen LogP contribution in [-0.2, 0) is 4.79 Å². The molecule has 0 spiro atoms. The van der Waals surface area contributed by atoms with Gasteiger partial charge in [-0.25, -0.2) is 5.43 Å². The third-order valence-electron chi connectivity index (χ3n) is 2.89. The van der Waals surface area contributed by atoms with Gasteiger partial charge in [0, 0.05) is 10.2 Å². The summed E-state index contributed by atoms with van der Waals surface area (Å²) < 4.78 is 6.35. The van der Waals surface area contributed by atoms with Crippen LogP contribution in [0.3, 0.4) is 0 Å². The maximum absolute atomic E-state index is 11.7. The largest absolute Gasteiger partial charge is 0.494 e. The molecule has 1 amide bonds. The number of nitrogens with one attached hydrogen (secondary N) is 2. The molecule has 5 nitrogen and oxygen atoms in total. The van der Waals surface area contributed by atoms with Crippen LogP contribution in [0.4, 0.5) is 5.69 Å². The van der Waals surface area contributed by atoms with Crippen LogP contribution < -0.4 is 15.5 Å². The minimum Gasteiger partial charge on any atom is -0.494 e. The SMILES string of the molecule is CCOc1ccc(C=NNC(=O)CNc2ccc(Br)cc2)cc1. The Morgan fingerprint density at radius 3 is 2.52 bits per heavy atom. The second kappa shape index (κ2) is 8.95. The van der Waals surface area contributed by atoms with Crippen LogP contribution in [0.2, 0.25) is 0 Å². The maximum Gasteiger partial charge on any atom is 0.259 e. The molecule has 0 atom stereocenters. The molecule has 2 aromatic rings. The quantitative estimate of drug-likeness (QED) is 0.575. The molecule has 23 heavy (non-hydrogen) atoms.